The Bertz CT molecular complexity index is 560. The van der Waals surface area contributed by atoms with Crippen molar-refractivity contribution < 1.29 is 10.2 Å². The Hall–Kier alpha value is -1.36. The quantitative estimate of drug-likeness (QED) is 0.785. The normalized spacial score (nSPS) is 13.9. The Balaban J connectivity index is 1.98. The highest BCUT2D eigenvalue weighted by Crippen LogP contribution is 2.22. The molecule has 3 nitrogen and oxygen atoms in total. The maximum absolute atomic E-state index is 10.3. The zero-order valence-electron chi connectivity index (χ0n) is 11.3. The van der Waals surface area contributed by atoms with E-state index in [0.717, 1.165) is 15.6 Å². The molecule has 2 aromatic carbocycles. The molecular formula is C16H18BrNO2. The van der Waals surface area contributed by atoms with E-state index in [9.17, 15) is 10.2 Å². The summed E-state index contributed by atoms with van der Waals surface area (Å²) in [6, 6.07) is 14.7. The van der Waals surface area contributed by atoms with Gasteiger partial charge in [-0.1, -0.05) is 46.3 Å². The third-order valence-electron chi connectivity index (χ3n) is 3.27. The van der Waals surface area contributed by atoms with Crippen molar-refractivity contribution in [1.29, 1.82) is 0 Å². The number of aliphatic hydroxyl groups is 1. The van der Waals surface area contributed by atoms with Gasteiger partial charge in [0.15, 0.2) is 0 Å². The molecular weight excluding hydrogens is 318 g/mol. The predicted molar refractivity (Wildman–Crippen MR) is 83.5 cm³/mol. The lowest BCUT2D eigenvalue weighted by Gasteiger charge is -2.21. The van der Waals surface area contributed by atoms with Crippen molar-refractivity contribution in [3.05, 3.63) is 64.1 Å². The number of aromatic hydroxyl groups is 1. The summed E-state index contributed by atoms with van der Waals surface area (Å²) in [5.41, 5.74) is 1.68. The van der Waals surface area contributed by atoms with Gasteiger partial charge >= 0.3 is 0 Å². The largest absolute Gasteiger partial charge is 0.508 e. The molecule has 20 heavy (non-hydrogen) atoms. The fourth-order valence-corrected chi connectivity index (χ4v) is 2.43. The lowest BCUT2D eigenvalue weighted by atomic mass is 10.0. The summed E-state index contributed by atoms with van der Waals surface area (Å²) in [6.07, 6.45) is -0.578. The van der Waals surface area contributed by atoms with E-state index < -0.39 is 6.10 Å². The van der Waals surface area contributed by atoms with Crippen LogP contribution in [0.1, 0.15) is 24.2 Å². The average Bonchev–Trinajstić information content (AvgIpc) is 2.48. The van der Waals surface area contributed by atoms with Crippen LogP contribution >= 0.6 is 15.9 Å². The van der Waals surface area contributed by atoms with Crippen LogP contribution in [0, 0.1) is 0 Å². The van der Waals surface area contributed by atoms with Crippen molar-refractivity contribution in [2.24, 2.45) is 0 Å². The Morgan fingerprint density at radius 1 is 1.15 bits per heavy atom. The first-order valence-electron chi connectivity index (χ1n) is 6.51. The number of halogens is 1. The van der Waals surface area contributed by atoms with Gasteiger partial charge in [0.05, 0.1) is 6.10 Å². The summed E-state index contributed by atoms with van der Waals surface area (Å²) >= 11 is 3.38. The second-order valence-electron chi connectivity index (χ2n) is 4.80. The molecule has 0 aliphatic heterocycles. The maximum Gasteiger partial charge on any atom is 0.120 e. The fraction of sp³-hybridized carbons (Fsp3) is 0.250. The lowest BCUT2D eigenvalue weighted by molar-refractivity contribution is 0.135. The van der Waals surface area contributed by atoms with Crippen molar-refractivity contribution in [3.63, 3.8) is 0 Å². The van der Waals surface area contributed by atoms with Gasteiger partial charge in [-0.2, -0.15) is 0 Å². The molecule has 0 spiro atoms. The number of phenolic OH excluding ortho intramolecular Hbond substituents is 1. The number of rotatable bonds is 5. The van der Waals surface area contributed by atoms with E-state index in [1.807, 2.05) is 43.3 Å². The highest BCUT2D eigenvalue weighted by atomic mass is 79.9. The van der Waals surface area contributed by atoms with Gasteiger partial charge in [-0.15, -0.1) is 0 Å². The van der Waals surface area contributed by atoms with Crippen molar-refractivity contribution in [2.75, 3.05) is 0 Å². The van der Waals surface area contributed by atoms with Gasteiger partial charge in [0.25, 0.3) is 0 Å². The second kappa shape index (κ2) is 6.88. The Labute approximate surface area is 127 Å². The molecule has 2 rings (SSSR count). The summed E-state index contributed by atoms with van der Waals surface area (Å²) in [6.45, 7) is 2.42. The first-order chi connectivity index (χ1) is 9.58. The zero-order chi connectivity index (χ0) is 14.5. The zero-order valence-corrected chi connectivity index (χ0v) is 12.8. The fourth-order valence-electron chi connectivity index (χ4n) is 2.02. The maximum atomic E-state index is 10.3. The molecule has 0 bridgehead atoms. The van der Waals surface area contributed by atoms with Crippen molar-refractivity contribution in [1.82, 2.24) is 5.32 Å². The van der Waals surface area contributed by atoms with Crippen LogP contribution in [-0.2, 0) is 6.54 Å². The minimum Gasteiger partial charge on any atom is -0.508 e. The minimum atomic E-state index is -0.578. The summed E-state index contributed by atoms with van der Waals surface area (Å²) in [5, 5.41) is 23.3. The first kappa shape index (κ1) is 15.0. The molecule has 0 amide bonds. The summed E-state index contributed by atoms with van der Waals surface area (Å²) in [5.74, 6) is 0.252. The monoisotopic (exact) mass is 335 g/mol. The molecule has 0 saturated heterocycles. The number of nitrogens with one attached hydrogen (secondary N) is 1. The van der Waals surface area contributed by atoms with Gasteiger partial charge < -0.3 is 15.5 Å². The van der Waals surface area contributed by atoms with Crippen molar-refractivity contribution in [3.8, 4) is 5.75 Å². The van der Waals surface area contributed by atoms with Crippen LogP contribution in [0.5, 0.6) is 5.75 Å². The van der Waals surface area contributed by atoms with Crippen LogP contribution < -0.4 is 5.32 Å². The van der Waals surface area contributed by atoms with Gasteiger partial charge in [-0.3, -0.25) is 0 Å². The predicted octanol–water partition coefficient (Wildman–Crippen LogP) is 3.37. The van der Waals surface area contributed by atoms with Crippen molar-refractivity contribution in [2.45, 2.75) is 25.6 Å². The molecule has 106 valence electrons. The van der Waals surface area contributed by atoms with Crippen molar-refractivity contribution >= 4 is 15.9 Å². The number of phenols is 1. The van der Waals surface area contributed by atoms with Gasteiger partial charge in [-0.05, 0) is 30.7 Å². The van der Waals surface area contributed by atoms with Crippen LogP contribution in [-0.4, -0.2) is 16.3 Å². The Kier molecular flexibility index (Phi) is 5.17. The Morgan fingerprint density at radius 2 is 1.85 bits per heavy atom. The summed E-state index contributed by atoms with van der Waals surface area (Å²) in [4.78, 5) is 0. The van der Waals surface area contributed by atoms with E-state index >= 15 is 0 Å². The highest BCUT2D eigenvalue weighted by molar-refractivity contribution is 9.10. The molecule has 0 heterocycles. The van der Waals surface area contributed by atoms with E-state index in [1.54, 1.807) is 12.1 Å². The molecule has 4 heteroatoms. The van der Waals surface area contributed by atoms with Gasteiger partial charge in [0.2, 0.25) is 0 Å². The Morgan fingerprint density at radius 3 is 2.55 bits per heavy atom. The molecule has 0 aliphatic carbocycles. The van der Waals surface area contributed by atoms with Gasteiger partial charge in [-0.25, -0.2) is 0 Å². The molecule has 0 aromatic heterocycles. The molecule has 0 unspecified atom stereocenters. The standard InChI is InChI=1S/C16H18BrNO2/c1-11(16(20)12-5-3-2-4-6-12)18-10-13-9-14(17)7-8-15(13)19/h2-9,11,16,18-20H,10H2,1H3/t11-,16-/m1/s1. The van der Waals surface area contributed by atoms with E-state index in [4.69, 9.17) is 0 Å². The SMILES string of the molecule is C[C@@H](NCc1cc(Br)ccc1O)[C@@H](O)c1ccccc1. The average molecular weight is 336 g/mol. The van der Waals surface area contributed by atoms with Crippen LogP contribution in [0.3, 0.4) is 0 Å². The highest BCUT2D eigenvalue weighted by Gasteiger charge is 2.16. The summed E-state index contributed by atoms with van der Waals surface area (Å²) in [7, 11) is 0. The van der Waals surface area contributed by atoms with E-state index in [-0.39, 0.29) is 11.8 Å². The lowest BCUT2D eigenvalue weighted by Crippen LogP contribution is -2.31. The molecule has 3 N–H and O–H groups in total. The minimum absolute atomic E-state index is 0.115. The first-order valence-corrected chi connectivity index (χ1v) is 7.31. The van der Waals surface area contributed by atoms with E-state index in [1.165, 1.54) is 0 Å². The van der Waals surface area contributed by atoms with Gasteiger partial charge in [0, 0.05) is 22.6 Å². The number of hydrogen-bond acceptors (Lipinski definition) is 3. The van der Waals surface area contributed by atoms with Gasteiger partial charge in [0.1, 0.15) is 5.75 Å². The third kappa shape index (κ3) is 3.82. The van der Waals surface area contributed by atoms with Crippen LogP contribution in [0.4, 0.5) is 0 Å². The number of benzene rings is 2. The van der Waals surface area contributed by atoms with Crippen LogP contribution in [0.2, 0.25) is 0 Å². The van der Waals surface area contributed by atoms with E-state index in [2.05, 4.69) is 21.2 Å². The third-order valence-corrected chi connectivity index (χ3v) is 3.76. The molecule has 2 atom stereocenters. The molecule has 0 saturated carbocycles. The van der Waals surface area contributed by atoms with Crippen LogP contribution in [0.15, 0.2) is 53.0 Å². The summed E-state index contributed by atoms with van der Waals surface area (Å²) < 4.78 is 0.920. The number of aliphatic hydroxyl groups excluding tert-OH is 1. The number of hydrogen-bond donors (Lipinski definition) is 3. The molecule has 2 aromatic rings. The molecule has 0 aliphatic rings. The molecule has 0 radical (unpaired) electrons. The topological polar surface area (TPSA) is 52.5 Å². The van der Waals surface area contributed by atoms with Crippen LogP contribution in [0.25, 0.3) is 0 Å². The second-order valence-corrected chi connectivity index (χ2v) is 5.71. The van der Waals surface area contributed by atoms with E-state index in [0.29, 0.717) is 6.54 Å². The molecule has 0 fully saturated rings. The smallest absolute Gasteiger partial charge is 0.120 e.